The Morgan fingerprint density at radius 2 is 1.81 bits per heavy atom. The van der Waals surface area contributed by atoms with Crippen molar-refractivity contribution >= 4 is 29.2 Å². The maximum atomic E-state index is 12.6. The number of anilines is 1. The topological polar surface area (TPSA) is 107 Å². The monoisotopic (exact) mass is 457 g/mol. The van der Waals surface area contributed by atoms with Crippen LogP contribution in [-0.4, -0.2) is 48.5 Å². The van der Waals surface area contributed by atoms with Crippen LogP contribution in [0.25, 0.3) is 0 Å². The molecule has 0 saturated heterocycles. The van der Waals surface area contributed by atoms with Crippen LogP contribution >= 0.6 is 11.6 Å². The maximum Gasteiger partial charge on any atom is 0.332 e. The van der Waals surface area contributed by atoms with Gasteiger partial charge in [-0.2, -0.15) is 0 Å². The van der Waals surface area contributed by atoms with Crippen LogP contribution in [0.4, 0.5) is 5.69 Å². The Balaban J connectivity index is 2.48. The van der Waals surface area contributed by atoms with Gasteiger partial charge in [0.15, 0.2) is 0 Å². The van der Waals surface area contributed by atoms with E-state index in [4.69, 9.17) is 16.3 Å². The molecule has 3 N–H and O–H groups in total. The van der Waals surface area contributed by atoms with Crippen molar-refractivity contribution in [2.45, 2.75) is 12.3 Å². The zero-order valence-electron chi connectivity index (χ0n) is 18.1. The SMILES string of the molecule is COc1cc(N(C)C)ccc1C1(c2cc(C)c(Cl)cc2O)C=CC=C(C(=O)O)C1C(=O)O. The molecule has 2 unspecified atom stereocenters. The number of benzene rings is 2. The number of phenols is 1. The number of hydrogen-bond acceptors (Lipinski definition) is 5. The first kappa shape index (κ1) is 23.2. The van der Waals surface area contributed by atoms with Crippen molar-refractivity contribution in [3.8, 4) is 11.5 Å². The van der Waals surface area contributed by atoms with Gasteiger partial charge in [-0.25, -0.2) is 4.79 Å². The molecular formula is C24H24ClNO6. The number of rotatable bonds is 6. The van der Waals surface area contributed by atoms with Crippen molar-refractivity contribution in [3.63, 3.8) is 0 Å². The Morgan fingerprint density at radius 1 is 1.12 bits per heavy atom. The van der Waals surface area contributed by atoms with E-state index in [-0.39, 0.29) is 16.9 Å². The predicted octanol–water partition coefficient (Wildman–Crippen LogP) is 4.00. The van der Waals surface area contributed by atoms with E-state index in [0.29, 0.717) is 21.9 Å². The fourth-order valence-electron chi connectivity index (χ4n) is 4.20. The average Bonchev–Trinajstić information content (AvgIpc) is 2.74. The van der Waals surface area contributed by atoms with Crippen LogP contribution in [0.3, 0.4) is 0 Å². The van der Waals surface area contributed by atoms with Crippen molar-refractivity contribution in [2.24, 2.45) is 5.92 Å². The Bertz CT molecular complexity index is 1150. The van der Waals surface area contributed by atoms with Gasteiger partial charge >= 0.3 is 11.9 Å². The van der Waals surface area contributed by atoms with Crippen molar-refractivity contribution < 1.29 is 29.6 Å². The number of nitrogens with zero attached hydrogens (tertiary/aromatic N) is 1. The van der Waals surface area contributed by atoms with Crippen molar-refractivity contribution in [3.05, 3.63) is 75.8 Å². The molecule has 2 atom stereocenters. The zero-order chi connectivity index (χ0) is 23.8. The molecule has 0 bridgehead atoms. The number of carbonyl (C=O) groups is 2. The van der Waals surface area contributed by atoms with Gasteiger partial charge in [-0.05, 0) is 30.7 Å². The lowest BCUT2D eigenvalue weighted by molar-refractivity contribution is -0.145. The number of phenolic OH excluding ortho intramolecular Hbond substituents is 1. The number of aromatic hydroxyl groups is 1. The van der Waals surface area contributed by atoms with E-state index in [0.717, 1.165) is 5.69 Å². The summed E-state index contributed by atoms with van der Waals surface area (Å²) in [7, 11) is 5.16. The average molecular weight is 458 g/mol. The minimum absolute atomic E-state index is 0.214. The lowest BCUT2D eigenvalue weighted by Crippen LogP contribution is -2.44. The molecule has 3 rings (SSSR count). The molecule has 8 heteroatoms. The Labute approximate surface area is 190 Å². The second kappa shape index (κ2) is 8.59. The molecule has 2 aromatic carbocycles. The summed E-state index contributed by atoms with van der Waals surface area (Å²) >= 11 is 6.18. The van der Waals surface area contributed by atoms with Gasteiger partial charge in [0, 0.05) is 42.0 Å². The van der Waals surface area contributed by atoms with E-state index in [1.165, 1.54) is 25.3 Å². The highest BCUT2D eigenvalue weighted by molar-refractivity contribution is 6.31. The molecule has 0 amide bonds. The van der Waals surface area contributed by atoms with Gasteiger partial charge in [-0.1, -0.05) is 35.9 Å². The van der Waals surface area contributed by atoms with Gasteiger partial charge in [-0.15, -0.1) is 0 Å². The molecule has 0 radical (unpaired) electrons. The van der Waals surface area contributed by atoms with E-state index in [1.54, 1.807) is 37.3 Å². The summed E-state index contributed by atoms with van der Waals surface area (Å²) in [5.41, 5.74) is 0.128. The molecule has 0 heterocycles. The molecule has 0 fully saturated rings. The van der Waals surface area contributed by atoms with Crippen LogP contribution in [0.5, 0.6) is 11.5 Å². The first-order valence-corrected chi connectivity index (χ1v) is 10.1. The molecule has 0 aliphatic heterocycles. The standard InChI is InChI=1S/C24H24ClNO6/c1-13-10-17(19(27)12-18(13)25)24(9-5-6-15(22(28)29)21(24)23(30)31)16-8-7-14(26(2)3)11-20(16)32-4/h5-12,21,27H,1-4H3,(H,28,29)(H,30,31). The summed E-state index contributed by atoms with van der Waals surface area (Å²) in [6.07, 6.45) is 4.35. The van der Waals surface area contributed by atoms with Gasteiger partial charge in [0.2, 0.25) is 0 Å². The van der Waals surface area contributed by atoms with Gasteiger partial charge in [0.1, 0.15) is 17.4 Å². The number of carboxylic acids is 2. The second-order valence-electron chi connectivity index (χ2n) is 7.82. The number of aryl methyl sites for hydroxylation is 1. The summed E-state index contributed by atoms with van der Waals surface area (Å²) < 4.78 is 5.63. The highest BCUT2D eigenvalue weighted by atomic mass is 35.5. The van der Waals surface area contributed by atoms with Crippen molar-refractivity contribution in [2.75, 3.05) is 26.1 Å². The zero-order valence-corrected chi connectivity index (χ0v) is 18.8. The Hall–Kier alpha value is -3.45. The Morgan fingerprint density at radius 3 is 2.38 bits per heavy atom. The van der Waals surface area contributed by atoms with Crippen LogP contribution in [0, 0.1) is 12.8 Å². The minimum Gasteiger partial charge on any atom is -0.508 e. The number of methoxy groups -OCH3 is 1. The molecule has 2 aromatic rings. The minimum atomic E-state index is -1.58. The molecule has 1 aliphatic rings. The van der Waals surface area contributed by atoms with E-state index < -0.39 is 23.3 Å². The number of ether oxygens (including phenoxy) is 1. The maximum absolute atomic E-state index is 12.6. The van der Waals surface area contributed by atoms with Gasteiger partial charge in [0.05, 0.1) is 18.1 Å². The first-order chi connectivity index (χ1) is 15.0. The number of aliphatic carboxylic acids is 2. The molecule has 0 saturated carbocycles. The normalized spacial score (nSPS) is 19.9. The molecule has 1 aliphatic carbocycles. The van der Waals surface area contributed by atoms with Crippen LogP contribution in [0.2, 0.25) is 5.02 Å². The summed E-state index contributed by atoms with van der Waals surface area (Å²) in [5.74, 6) is -4.16. The number of allylic oxidation sites excluding steroid dienone is 3. The van der Waals surface area contributed by atoms with Crippen LogP contribution in [0.1, 0.15) is 16.7 Å². The molecule has 0 spiro atoms. The lowest BCUT2D eigenvalue weighted by atomic mass is 9.60. The molecule has 32 heavy (non-hydrogen) atoms. The number of carboxylic acid groups (broad SMARTS) is 2. The quantitative estimate of drug-likeness (QED) is 0.601. The largest absolute Gasteiger partial charge is 0.508 e. The van der Waals surface area contributed by atoms with Gasteiger partial charge in [-0.3, -0.25) is 4.79 Å². The molecule has 7 nitrogen and oxygen atoms in total. The summed E-state index contributed by atoms with van der Waals surface area (Å²) in [4.78, 5) is 26.5. The van der Waals surface area contributed by atoms with E-state index >= 15 is 0 Å². The third-order valence-corrected chi connectivity index (χ3v) is 6.17. The summed E-state index contributed by atoms with van der Waals surface area (Å²) in [6.45, 7) is 1.72. The molecule has 0 aromatic heterocycles. The second-order valence-corrected chi connectivity index (χ2v) is 8.23. The van der Waals surface area contributed by atoms with Crippen LogP contribution in [0.15, 0.2) is 54.1 Å². The van der Waals surface area contributed by atoms with E-state index in [9.17, 15) is 24.9 Å². The number of hydrogen-bond donors (Lipinski definition) is 3. The predicted molar refractivity (Wildman–Crippen MR) is 122 cm³/mol. The summed E-state index contributed by atoms with van der Waals surface area (Å²) in [5, 5.41) is 31.3. The van der Waals surface area contributed by atoms with Crippen molar-refractivity contribution in [1.82, 2.24) is 0 Å². The van der Waals surface area contributed by atoms with Gasteiger partial charge in [0.25, 0.3) is 0 Å². The fraction of sp³-hybridized carbons (Fsp3) is 0.250. The number of halogens is 1. The third kappa shape index (κ3) is 3.69. The molecular weight excluding hydrogens is 434 g/mol. The lowest BCUT2D eigenvalue weighted by Gasteiger charge is -2.40. The van der Waals surface area contributed by atoms with E-state index in [2.05, 4.69) is 0 Å². The first-order valence-electron chi connectivity index (χ1n) is 9.75. The van der Waals surface area contributed by atoms with Crippen LogP contribution in [-0.2, 0) is 15.0 Å². The van der Waals surface area contributed by atoms with Crippen molar-refractivity contribution in [1.29, 1.82) is 0 Å². The highest BCUT2D eigenvalue weighted by Crippen LogP contribution is 2.52. The third-order valence-electron chi connectivity index (χ3n) is 5.76. The Kier molecular flexibility index (Phi) is 6.23. The van der Waals surface area contributed by atoms with Crippen LogP contribution < -0.4 is 9.64 Å². The smallest absolute Gasteiger partial charge is 0.332 e. The fourth-order valence-corrected chi connectivity index (χ4v) is 4.36. The summed E-state index contributed by atoms with van der Waals surface area (Å²) in [6, 6.07) is 8.14. The van der Waals surface area contributed by atoms with E-state index in [1.807, 2.05) is 19.0 Å². The highest BCUT2D eigenvalue weighted by Gasteiger charge is 2.52. The molecule has 168 valence electrons. The van der Waals surface area contributed by atoms with Gasteiger partial charge < -0.3 is 25.0 Å².